The maximum Gasteiger partial charge on any atom is 0.259 e. The number of aromatic nitrogens is 1. The minimum Gasteiger partial charge on any atom is -0.370 e. The molecule has 2 heterocycles. The van der Waals surface area contributed by atoms with Crippen LogP contribution in [-0.2, 0) is 4.74 Å². The lowest BCUT2D eigenvalue weighted by Gasteiger charge is -2.33. The lowest BCUT2D eigenvalue weighted by Crippen LogP contribution is -2.42. The Morgan fingerprint density at radius 3 is 2.68 bits per heavy atom. The van der Waals surface area contributed by atoms with E-state index in [-0.39, 0.29) is 12.0 Å². The molecule has 0 radical (unpaired) electrons. The van der Waals surface area contributed by atoms with Gasteiger partial charge >= 0.3 is 0 Å². The van der Waals surface area contributed by atoms with Crippen LogP contribution in [0.1, 0.15) is 33.5 Å². The first kappa shape index (κ1) is 15.2. The number of morpholine rings is 1. The van der Waals surface area contributed by atoms with Crippen LogP contribution in [-0.4, -0.2) is 35.7 Å². The molecule has 1 saturated heterocycles. The highest BCUT2D eigenvalue weighted by atomic mass is 79.9. The molecule has 1 aliphatic heterocycles. The molecular weight excluding hydrogens is 348 g/mol. The molecule has 5 nitrogen and oxygen atoms in total. The first-order valence-electron chi connectivity index (χ1n) is 7.15. The molecular formula is C16H17BrN2O3. The second-order valence-corrected chi connectivity index (χ2v) is 6.28. The van der Waals surface area contributed by atoms with Crippen LogP contribution in [0, 0.1) is 13.8 Å². The van der Waals surface area contributed by atoms with Gasteiger partial charge in [0.15, 0.2) is 0 Å². The fourth-order valence-corrected chi connectivity index (χ4v) is 2.92. The van der Waals surface area contributed by atoms with Crippen molar-refractivity contribution in [1.29, 1.82) is 0 Å². The van der Waals surface area contributed by atoms with Crippen molar-refractivity contribution in [3.05, 3.63) is 51.3 Å². The van der Waals surface area contributed by atoms with E-state index in [0.29, 0.717) is 36.7 Å². The van der Waals surface area contributed by atoms with E-state index in [1.807, 2.05) is 29.2 Å². The standard InChI is InChI=1S/C16H17BrN2O3/c1-10-15(11(2)22-18-10)16(20)19-7-8-21-14(9-19)12-3-5-13(17)6-4-12/h3-6,14H,7-9H2,1-2H3/t14-/m0/s1. The fourth-order valence-electron chi connectivity index (χ4n) is 2.66. The Labute approximate surface area is 137 Å². The molecule has 0 saturated carbocycles. The largest absolute Gasteiger partial charge is 0.370 e. The summed E-state index contributed by atoms with van der Waals surface area (Å²) in [5.41, 5.74) is 2.27. The lowest BCUT2D eigenvalue weighted by molar-refractivity contribution is -0.0229. The van der Waals surface area contributed by atoms with E-state index in [0.717, 1.165) is 10.0 Å². The van der Waals surface area contributed by atoms with E-state index in [9.17, 15) is 4.79 Å². The Hall–Kier alpha value is -1.66. The van der Waals surface area contributed by atoms with E-state index >= 15 is 0 Å². The highest BCUT2D eigenvalue weighted by Gasteiger charge is 2.29. The van der Waals surface area contributed by atoms with Crippen LogP contribution in [0.3, 0.4) is 0 Å². The number of carbonyl (C=O) groups is 1. The van der Waals surface area contributed by atoms with Crippen molar-refractivity contribution in [2.75, 3.05) is 19.7 Å². The summed E-state index contributed by atoms with van der Waals surface area (Å²) in [5.74, 6) is 0.524. The summed E-state index contributed by atoms with van der Waals surface area (Å²) in [4.78, 5) is 14.5. The van der Waals surface area contributed by atoms with Gasteiger partial charge in [0.1, 0.15) is 17.4 Å². The highest BCUT2D eigenvalue weighted by Crippen LogP contribution is 2.25. The van der Waals surface area contributed by atoms with Crippen molar-refractivity contribution in [2.45, 2.75) is 20.0 Å². The van der Waals surface area contributed by atoms with Crippen molar-refractivity contribution >= 4 is 21.8 Å². The Bertz CT molecular complexity index is 662. The van der Waals surface area contributed by atoms with Crippen LogP contribution < -0.4 is 0 Å². The van der Waals surface area contributed by atoms with Crippen molar-refractivity contribution in [3.8, 4) is 0 Å². The third kappa shape index (κ3) is 2.94. The summed E-state index contributed by atoms with van der Waals surface area (Å²) in [6, 6.07) is 7.98. The molecule has 116 valence electrons. The molecule has 1 aromatic heterocycles. The molecule has 0 bridgehead atoms. The zero-order chi connectivity index (χ0) is 15.7. The molecule has 1 aliphatic rings. The SMILES string of the molecule is Cc1noc(C)c1C(=O)N1CCO[C@H](c2ccc(Br)cc2)C1. The highest BCUT2D eigenvalue weighted by molar-refractivity contribution is 9.10. The minimum absolute atomic E-state index is 0.0401. The first-order valence-corrected chi connectivity index (χ1v) is 7.95. The van der Waals surface area contributed by atoms with E-state index < -0.39 is 0 Å². The molecule has 2 aromatic rings. The molecule has 0 unspecified atom stereocenters. The maximum atomic E-state index is 12.7. The predicted molar refractivity (Wildman–Crippen MR) is 84.7 cm³/mol. The van der Waals surface area contributed by atoms with Crippen molar-refractivity contribution in [2.24, 2.45) is 0 Å². The van der Waals surface area contributed by atoms with E-state index in [1.54, 1.807) is 13.8 Å². The van der Waals surface area contributed by atoms with Crippen molar-refractivity contribution < 1.29 is 14.1 Å². The van der Waals surface area contributed by atoms with Gasteiger partial charge in [-0.2, -0.15) is 0 Å². The molecule has 6 heteroatoms. The molecule has 0 N–H and O–H groups in total. The molecule has 1 atom stereocenters. The van der Waals surface area contributed by atoms with E-state index in [2.05, 4.69) is 21.1 Å². The zero-order valence-corrected chi connectivity index (χ0v) is 14.1. The number of benzene rings is 1. The van der Waals surface area contributed by atoms with Crippen molar-refractivity contribution in [1.82, 2.24) is 10.1 Å². The van der Waals surface area contributed by atoms with E-state index in [1.165, 1.54) is 0 Å². The van der Waals surface area contributed by atoms with Crippen LogP contribution >= 0.6 is 15.9 Å². The number of carbonyl (C=O) groups excluding carboxylic acids is 1. The number of hydrogen-bond donors (Lipinski definition) is 0. The Morgan fingerprint density at radius 2 is 2.05 bits per heavy atom. The van der Waals surface area contributed by atoms with Gasteiger partial charge in [-0.25, -0.2) is 0 Å². The summed E-state index contributed by atoms with van der Waals surface area (Å²) in [6.45, 7) is 5.19. The summed E-state index contributed by atoms with van der Waals surface area (Å²) >= 11 is 3.42. The Kier molecular flexibility index (Phi) is 4.31. The van der Waals surface area contributed by atoms with Crippen LogP contribution in [0.15, 0.2) is 33.3 Å². The summed E-state index contributed by atoms with van der Waals surface area (Å²) in [5, 5.41) is 3.86. The molecule has 1 amide bonds. The first-order chi connectivity index (χ1) is 10.6. The van der Waals surface area contributed by atoms with Crippen LogP contribution in [0.2, 0.25) is 0 Å². The predicted octanol–water partition coefficient (Wildman–Crippen LogP) is 3.27. The molecule has 22 heavy (non-hydrogen) atoms. The van der Waals surface area contributed by atoms with Gasteiger partial charge in [-0.15, -0.1) is 0 Å². The number of ether oxygens (including phenoxy) is 1. The van der Waals surface area contributed by atoms with Crippen LogP contribution in [0.4, 0.5) is 0 Å². The zero-order valence-electron chi connectivity index (χ0n) is 12.5. The monoisotopic (exact) mass is 364 g/mol. The number of nitrogens with zero attached hydrogens (tertiary/aromatic N) is 2. The second kappa shape index (κ2) is 6.22. The van der Waals surface area contributed by atoms with Gasteiger partial charge in [0.2, 0.25) is 0 Å². The normalized spacial score (nSPS) is 18.5. The van der Waals surface area contributed by atoms with Crippen LogP contribution in [0.25, 0.3) is 0 Å². The molecule has 1 fully saturated rings. The average Bonchev–Trinajstić information content (AvgIpc) is 2.86. The summed E-state index contributed by atoms with van der Waals surface area (Å²) in [6.07, 6.45) is -0.105. The third-order valence-electron chi connectivity index (χ3n) is 3.84. The molecule has 0 spiro atoms. The molecule has 0 aliphatic carbocycles. The quantitative estimate of drug-likeness (QED) is 0.820. The Balaban J connectivity index is 1.78. The van der Waals surface area contributed by atoms with E-state index in [4.69, 9.17) is 9.26 Å². The molecule has 1 aromatic carbocycles. The maximum absolute atomic E-state index is 12.7. The molecule has 3 rings (SSSR count). The van der Waals surface area contributed by atoms with Gasteiger partial charge in [-0.05, 0) is 31.5 Å². The number of halogens is 1. The van der Waals surface area contributed by atoms with Gasteiger partial charge in [-0.3, -0.25) is 4.79 Å². The van der Waals surface area contributed by atoms with Gasteiger partial charge in [0, 0.05) is 11.0 Å². The lowest BCUT2D eigenvalue weighted by atomic mass is 10.1. The third-order valence-corrected chi connectivity index (χ3v) is 4.37. The number of hydrogen-bond acceptors (Lipinski definition) is 4. The summed E-state index contributed by atoms with van der Waals surface area (Å²) < 4.78 is 11.9. The number of aryl methyl sites for hydroxylation is 2. The number of amides is 1. The fraction of sp³-hybridized carbons (Fsp3) is 0.375. The summed E-state index contributed by atoms with van der Waals surface area (Å²) in [7, 11) is 0. The minimum atomic E-state index is -0.105. The van der Waals surface area contributed by atoms with Gasteiger partial charge in [0.05, 0.1) is 18.8 Å². The Morgan fingerprint density at radius 1 is 1.32 bits per heavy atom. The second-order valence-electron chi connectivity index (χ2n) is 5.36. The van der Waals surface area contributed by atoms with Crippen LogP contribution in [0.5, 0.6) is 0 Å². The smallest absolute Gasteiger partial charge is 0.259 e. The van der Waals surface area contributed by atoms with Gasteiger partial charge in [-0.1, -0.05) is 33.2 Å². The van der Waals surface area contributed by atoms with Crippen molar-refractivity contribution in [3.63, 3.8) is 0 Å². The number of rotatable bonds is 2. The average molecular weight is 365 g/mol. The topological polar surface area (TPSA) is 55.6 Å². The van der Waals surface area contributed by atoms with Gasteiger partial charge in [0.25, 0.3) is 5.91 Å². The van der Waals surface area contributed by atoms with Gasteiger partial charge < -0.3 is 14.2 Å².